The van der Waals surface area contributed by atoms with Gasteiger partial charge < -0.3 is 0 Å². The van der Waals surface area contributed by atoms with Gasteiger partial charge in [0.25, 0.3) is 5.56 Å². The van der Waals surface area contributed by atoms with E-state index in [-0.39, 0.29) is 30.1 Å². The fourth-order valence-electron chi connectivity index (χ4n) is 1.61. The molecule has 98 valence electrons. The third-order valence-electron chi connectivity index (χ3n) is 2.52. The van der Waals surface area contributed by atoms with Gasteiger partial charge in [-0.2, -0.15) is 0 Å². The summed E-state index contributed by atoms with van der Waals surface area (Å²) in [4.78, 5) is 27.4. The zero-order valence-electron chi connectivity index (χ0n) is 9.85. The van der Waals surface area contributed by atoms with Crippen molar-refractivity contribution >= 4 is 28.4 Å². The summed E-state index contributed by atoms with van der Waals surface area (Å²) in [6.45, 7) is -0.0277. The minimum atomic E-state index is -0.339. The maximum absolute atomic E-state index is 12.7. The second kappa shape index (κ2) is 6.05. The lowest BCUT2D eigenvalue weighted by Crippen LogP contribution is -2.26. The van der Waals surface area contributed by atoms with Crippen molar-refractivity contribution in [1.29, 1.82) is 0 Å². The average Bonchev–Trinajstić information content (AvgIpc) is 2.38. The van der Waals surface area contributed by atoms with E-state index < -0.39 is 0 Å². The maximum atomic E-state index is 12.7. The number of carbonyl (C=O) groups excluding carboxylic acids is 1. The Labute approximate surface area is 122 Å². The Morgan fingerprint density at radius 1 is 1.32 bits per heavy atom. The Hall–Kier alpha value is -1.57. The second-order valence-electron chi connectivity index (χ2n) is 4.02. The van der Waals surface area contributed by atoms with Gasteiger partial charge in [-0.3, -0.25) is 14.2 Å². The average molecular weight is 372 g/mol. The van der Waals surface area contributed by atoms with Crippen LogP contribution in [0.2, 0.25) is 0 Å². The highest BCUT2D eigenvalue weighted by atomic mass is 127. The Bertz CT molecular complexity index is 652. The zero-order chi connectivity index (χ0) is 13.8. The number of nitrogens with zero attached hydrogens (tertiary/aromatic N) is 2. The molecule has 0 fully saturated rings. The molecule has 0 aliphatic heterocycles. The van der Waals surface area contributed by atoms with Crippen LogP contribution in [0.1, 0.15) is 5.56 Å². The smallest absolute Gasteiger partial charge is 0.267 e. The number of carbonyl (C=O) groups is 1. The number of ketones is 1. The van der Waals surface area contributed by atoms with Crippen LogP contribution in [0.4, 0.5) is 4.39 Å². The minimum Gasteiger partial charge on any atom is -0.297 e. The third kappa shape index (κ3) is 3.69. The van der Waals surface area contributed by atoms with Crippen molar-refractivity contribution in [2.45, 2.75) is 13.0 Å². The highest BCUT2D eigenvalue weighted by molar-refractivity contribution is 14.1. The maximum Gasteiger partial charge on any atom is 0.267 e. The largest absolute Gasteiger partial charge is 0.297 e. The molecule has 2 aromatic rings. The molecule has 0 atom stereocenters. The van der Waals surface area contributed by atoms with Gasteiger partial charge in [0, 0.05) is 12.6 Å². The number of benzene rings is 1. The highest BCUT2D eigenvalue weighted by Crippen LogP contribution is 2.04. The molecule has 0 aliphatic rings. The topological polar surface area (TPSA) is 52.0 Å². The Kier molecular flexibility index (Phi) is 4.41. The first-order valence-corrected chi connectivity index (χ1v) is 6.60. The standard InChI is InChI=1S/C13H10FIN2O2/c14-10-3-1-9(2-4-10)5-11(18)7-17-8-16-6-12(15)13(17)19/h1-4,6,8H,5,7H2. The van der Waals surface area contributed by atoms with Crippen LogP contribution in [-0.4, -0.2) is 15.3 Å². The van der Waals surface area contributed by atoms with Gasteiger partial charge in [-0.1, -0.05) is 12.1 Å². The Morgan fingerprint density at radius 2 is 2.00 bits per heavy atom. The predicted octanol–water partition coefficient (Wildman–Crippen LogP) is 1.80. The molecular weight excluding hydrogens is 362 g/mol. The molecule has 0 N–H and O–H groups in total. The van der Waals surface area contributed by atoms with Gasteiger partial charge >= 0.3 is 0 Å². The SMILES string of the molecule is O=C(Cc1ccc(F)cc1)Cn1cncc(I)c1=O. The van der Waals surface area contributed by atoms with Crippen LogP contribution < -0.4 is 5.56 Å². The lowest BCUT2D eigenvalue weighted by molar-refractivity contribution is -0.119. The first-order chi connectivity index (χ1) is 9.06. The van der Waals surface area contributed by atoms with Crippen LogP contribution in [0.25, 0.3) is 0 Å². The number of halogens is 2. The lowest BCUT2D eigenvalue weighted by Gasteiger charge is -2.05. The normalized spacial score (nSPS) is 10.4. The van der Waals surface area contributed by atoms with Crippen molar-refractivity contribution in [1.82, 2.24) is 9.55 Å². The molecule has 0 saturated carbocycles. The molecule has 19 heavy (non-hydrogen) atoms. The molecule has 1 aromatic heterocycles. The predicted molar refractivity (Wildman–Crippen MR) is 76.3 cm³/mol. The van der Waals surface area contributed by atoms with Gasteiger partial charge in [0.15, 0.2) is 5.78 Å². The van der Waals surface area contributed by atoms with E-state index in [1.807, 2.05) is 22.6 Å². The van der Waals surface area contributed by atoms with Crippen molar-refractivity contribution in [2.24, 2.45) is 0 Å². The van der Waals surface area contributed by atoms with Crippen LogP contribution in [0.5, 0.6) is 0 Å². The summed E-state index contributed by atoms with van der Waals surface area (Å²) in [6.07, 6.45) is 2.95. The fraction of sp³-hybridized carbons (Fsp3) is 0.154. The van der Waals surface area contributed by atoms with Gasteiger partial charge in [-0.05, 0) is 40.3 Å². The summed E-state index contributed by atoms with van der Waals surface area (Å²) in [5.74, 6) is -0.466. The van der Waals surface area contributed by atoms with E-state index >= 15 is 0 Å². The number of hydrogen-bond donors (Lipinski definition) is 0. The molecule has 0 unspecified atom stereocenters. The molecule has 0 amide bonds. The van der Waals surface area contributed by atoms with E-state index in [9.17, 15) is 14.0 Å². The second-order valence-corrected chi connectivity index (χ2v) is 5.18. The first-order valence-electron chi connectivity index (χ1n) is 5.52. The molecule has 4 nitrogen and oxygen atoms in total. The van der Waals surface area contributed by atoms with Crippen molar-refractivity contribution in [3.8, 4) is 0 Å². The van der Waals surface area contributed by atoms with Crippen LogP contribution >= 0.6 is 22.6 Å². The van der Waals surface area contributed by atoms with Gasteiger partial charge in [0.1, 0.15) is 5.82 Å². The van der Waals surface area contributed by atoms with Gasteiger partial charge in [0.05, 0.1) is 16.4 Å². The van der Waals surface area contributed by atoms with Crippen LogP contribution in [-0.2, 0) is 17.8 Å². The van der Waals surface area contributed by atoms with Crippen molar-refractivity contribution in [2.75, 3.05) is 0 Å². The van der Waals surface area contributed by atoms with E-state index in [4.69, 9.17) is 0 Å². The summed E-state index contributed by atoms with van der Waals surface area (Å²) in [5, 5.41) is 0. The van der Waals surface area contributed by atoms with Crippen LogP contribution in [0, 0.1) is 9.39 Å². The van der Waals surface area contributed by atoms with Crippen molar-refractivity contribution in [3.05, 3.63) is 62.1 Å². The summed E-state index contributed by atoms with van der Waals surface area (Å²) < 4.78 is 14.5. The Morgan fingerprint density at radius 3 is 2.68 bits per heavy atom. The first kappa shape index (κ1) is 13.9. The summed E-state index contributed by atoms with van der Waals surface area (Å²) in [6, 6.07) is 5.73. The molecule has 1 aromatic carbocycles. The molecule has 0 radical (unpaired) electrons. The van der Waals surface area contributed by atoms with Gasteiger partial charge in [-0.25, -0.2) is 9.37 Å². The van der Waals surface area contributed by atoms with Gasteiger partial charge in [0.2, 0.25) is 0 Å². The van der Waals surface area contributed by atoms with E-state index in [1.54, 1.807) is 12.1 Å². The molecule has 0 saturated heterocycles. The monoisotopic (exact) mass is 372 g/mol. The highest BCUT2D eigenvalue weighted by Gasteiger charge is 2.08. The van der Waals surface area contributed by atoms with E-state index in [1.165, 1.54) is 29.2 Å². The number of aromatic nitrogens is 2. The zero-order valence-corrected chi connectivity index (χ0v) is 12.0. The van der Waals surface area contributed by atoms with E-state index in [0.717, 1.165) is 5.56 Å². The van der Waals surface area contributed by atoms with Crippen LogP contribution in [0.15, 0.2) is 41.6 Å². The molecule has 1 heterocycles. The molecule has 6 heteroatoms. The summed E-state index contributed by atoms with van der Waals surface area (Å²) in [5.41, 5.74) is 0.487. The van der Waals surface area contributed by atoms with E-state index in [2.05, 4.69) is 4.98 Å². The number of rotatable bonds is 4. The summed E-state index contributed by atoms with van der Waals surface area (Å²) >= 11 is 1.88. The number of Topliss-reactive ketones (excluding diaryl/α,β-unsaturated/α-hetero) is 1. The molecule has 0 aliphatic carbocycles. The minimum absolute atomic E-state index is 0.0277. The molecular formula is C13H10FIN2O2. The van der Waals surface area contributed by atoms with Gasteiger partial charge in [-0.15, -0.1) is 0 Å². The summed E-state index contributed by atoms with van der Waals surface area (Å²) in [7, 11) is 0. The molecule has 0 spiro atoms. The molecule has 2 rings (SSSR count). The van der Waals surface area contributed by atoms with Crippen LogP contribution in [0.3, 0.4) is 0 Å². The third-order valence-corrected chi connectivity index (χ3v) is 3.26. The Balaban J connectivity index is 2.07. The van der Waals surface area contributed by atoms with Crippen molar-refractivity contribution in [3.63, 3.8) is 0 Å². The quantitative estimate of drug-likeness (QED) is 0.770. The van der Waals surface area contributed by atoms with E-state index in [0.29, 0.717) is 3.57 Å². The number of hydrogen-bond acceptors (Lipinski definition) is 3. The lowest BCUT2D eigenvalue weighted by atomic mass is 10.1. The molecule has 0 bridgehead atoms. The van der Waals surface area contributed by atoms with Crippen molar-refractivity contribution < 1.29 is 9.18 Å². The fourth-order valence-corrected chi connectivity index (χ4v) is 2.08.